The van der Waals surface area contributed by atoms with Crippen LogP contribution in [0, 0.1) is 5.82 Å². The number of amides is 1. The summed E-state index contributed by atoms with van der Waals surface area (Å²) in [4.78, 5) is 16.5. The van der Waals surface area contributed by atoms with Gasteiger partial charge in [-0.2, -0.15) is 0 Å². The summed E-state index contributed by atoms with van der Waals surface area (Å²) in [6, 6.07) is 12.2. The molecule has 3 rings (SSSR count). The second-order valence-electron chi connectivity index (χ2n) is 6.64. The van der Waals surface area contributed by atoms with E-state index < -0.39 is 0 Å². The highest BCUT2D eigenvalue weighted by molar-refractivity contribution is 5.78. The van der Waals surface area contributed by atoms with E-state index in [0.717, 1.165) is 24.3 Å². The average Bonchev–Trinajstić information content (AvgIpc) is 2.74. The van der Waals surface area contributed by atoms with Crippen LogP contribution in [0.5, 0.6) is 11.5 Å². The Kier molecular flexibility index (Phi) is 6.71. The van der Waals surface area contributed by atoms with Gasteiger partial charge in [-0.3, -0.25) is 4.79 Å². The van der Waals surface area contributed by atoms with Crippen molar-refractivity contribution >= 4 is 11.6 Å². The number of hydrogen-bond donors (Lipinski definition) is 1. The lowest BCUT2D eigenvalue weighted by atomic mass is 10.2. The monoisotopic (exact) mass is 387 g/mol. The predicted octanol–water partition coefficient (Wildman–Crippen LogP) is 2.28. The van der Waals surface area contributed by atoms with Gasteiger partial charge in [-0.1, -0.05) is 6.07 Å². The summed E-state index contributed by atoms with van der Waals surface area (Å²) in [6.07, 6.45) is 0. The van der Waals surface area contributed by atoms with Crippen molar-refractivity contribution in [2.75, 3.05) is 51.8 Å². The molecule has 0 aromatic heterocycles. The Labute approximate surface area is 164 Å². The Morgan fingerprint density at radius 1 is 1.00 bits per heavy atom. The largest absolute Gasteiger partial charge is 0.493 e. The van der Waals surface area contributed by atoms with E-state index in [0.29, 0.717) is 31.1 Å². The van der Waals surface area contributed by atoms with Crippen LogP contribution in [-0.2, 0) is 11.3 Å². The summed E-state index contributed by atoms with van der Waals surface area (Å²) < 4.78 is 23.6. The number of halogens is 1. The van der Waals surface area contributed by atoms with Gasteiger partial charge in [0.2, 0.25) is 5.91 Å². The third-order valence-corrected chi connectivity index (χ3v) is 4.88. The standard InChI is InChI=1S/C21H26FN3O3/c1-27-19-8-3-16(13-20(19)28-2)14-23-15-21(26)25-11-9-24(10-12-25)18-6-4-17(22)5-7-18/h3-8,13,23H,9-12,14-15H2,1-2H3. The van der Waals surface area contributed by atoms with Gasteiger partial charge in [0.1, 0.15) is 5.82 Å². The molecule has 0 bridgehead atoms. The molecule has 1 aliphatic rings. The molecule has 1 aliphatic heterocycles. The highest BCUT2D eigenvalue weighted by atomic mass is 19.1. The molecule has 0 saturated carbocycles. The molecule has 0 spiro atoms. The molecule has 2 aromatic rings. The van der Waals surface area contributed by atoms with Gasteiger partial charge in [0, 0.05) is 38.4 Å². The fraction of sp³-hybridized carbons (Fsp3) is 0.381. The smallest absolute Gasteiger partial charge is 0.236 e. The van der Waals surface area contributed by atoms with Crippen LogP contribution >= 0.6 is 0 Å². The second-order valence-corrected chi connectivity index (χ2v) is 6.64. The second kappa shape index (κ2) is 9.41. The topological polar surface area (TPSA) is 54.0 Å². The third-order valence-electron chi connectivity index (χ3n) is 4.88. The highest BCUT2D eigenvalue weighted by Crippen LogP contribution is 2.27. The minimum atomic E-state index is -0.238. The Bertz CT molecular complexity index is 790. The van der Waals surface area contributed by atoms with Crippen molar-refractivity contribution in [2.24, 2.45) is 0 Å². The van der Waals surface area contributed by atoms with E-state index in [4.69, 9.17) is 9.47 Å². The van der Waals surface area contributed by atoms with Crippen molar-refractivity contribution in [3.63, 3.8) is 0 Å². The maximum atomic E-state index is 13.1. The van der Waals surface area contributed by atoms with Gasteiger partial charge < -0.3 is 24.6 Å². The van der Waals surface area contributed by atoms with E-state index in [1.165, 1.54) is 12.1 Å². The number of ether oxygens (including phenoxy) is 2. The van der Waals surface area contributed by atoms with E-state index in [1.54, 1.807) is 26.4 Å². The number of anilines is 1. The molecular weight excluding hydrogens is 361 g/mol. The first-order valence-corrected chi connectivity index (χ1v) is 9.30. The van der Waals surface area contributed by atoms with Crippen LogP contribution < -0.4 is 19.7 Å². The first-order valence-electron chi connectivity index (χ1n) is 9.30. The lowest BCUT2D eigenvalue weighted by Crippen LogP contribution is -2.50. The van der Waals surface area contributed by atoms with Crippen molar-refractivity contribution in [1.29, 1.82) is 0 Å². The quantitative estimate of drug-likeness (QED) is 0.790. The number of carbonyl (C=O) groups is 1. The van der Waals surface area contributed by atoms with Crippen molar-refractivity contribution in [2.45, 2.75) is 6.54 Å². The van der Waals surface area contributed by atoms with Crippen LogP contribution in [-0.4, -0.2) is 57.8 Å². The van der Waals surface area contributed by atoms with Gasteiger partial charge in [-0.15, -0.1) is 0 Å². The van der Waals surface area contributed by atoms with E-state index in [1.807, 2.05) is 23.1 Å². The van der Waals surface area contributed by atoms with Crippen molar-refractivity contribution < 1.29 is 18.7 Å². The van der Waals surface area contributed by atoms with Gasteiger partial charge in [-0.25, -0.2) is 4.39 Å². The zero-order chi connectivity index (χ0) is 19.9. The number of benzene rings is 2. The van der Waals surface area contributed by atoms with E-state index in [-0.39, 0.29) is 18.3 Å². The normalized spacial score (nSPS) is 14.1. The minimum absolute atomic E-state index is 0.0826. The molecule has 1 saturated heterocycles. The first-order chi connectivity index (χ1) is 13.6. The SMILES string of the molecule is COc1ccc(CNCC(=O)N2CCN(c3ccc(F)cc3)CC2)cc1OC. The molecule has 0 atom stereocenters. The maximum absolute atomic E-state index is 13.1. The molecular formula is C21H26FN3O3. The number of piperazine rings is 1. The molecule has 6 nitrogen and oxygen atoms in total. The lowest BCUT2D eigenvalue weighted by molar-refractivity contribution is -0.130. The Morgan fingerprint density at radius 2 is 1.68 bits per heavy atom. The summed E-state index contributed by atoms with van der Waals surface area (Å²) >= 11 is 0. The molecule has 1 amide bonds. The van der Waals surface area contributed by atoms with Crippen LogP contribution in [0.15, 0.2) is 42.5 Å². The van der Waals surface area contributed by atoms with Crippen LogP contribution in [0.1, 0.15) is 5.56 Å². The fourth-order valence-electron chi connectivity index (χ4n) is 3.28. The predicted molar refractivity (Wildman–Crippen MR) is 106 cm³/mol. The lowest BCUT2D eigenvalue weighted by Gasteiger charge is -2.36. The molecule has 1 fully saturated rings. The van der Waals surface area contributed by atoms with Crippen LogP contribution in [0.25, 0.3) is 0 Å². The molecule has 0 radical (unpaired) electrons. The summed E-state index contributed by atoms with van der Waals surface area (Å²) in [5.41, 5.74) is 2.01. The van der Waals surface area contributed by atoms with E-state index in [2.05, 4.69) is 10.2 Å². The van der Waals surface area contributed by atoms with Gasteiger partial charge in [0.15, 0.2) is 11.5 Å². The summed E-state index contributed by atoms with van der Waals surface area (Å²) in [5.74, 6) is 1.20. The number of rotatable bonds is 7. The fourth-order valence-corrected chi connectivity index (χ4v) is 3.28. The first kappa shape index (κ1) is 19.9. The number of methoxy groups -OCH3 is 2. The molecule has 1 N–H and O–H groups in total. The van der Waals surface area contributed by atoms with Crippen LogP contribution in [0.3, 0.4) is 0 Å². The van der Waals surface area contributed by atoms with Gasteiger partial charge in [-0.05, 0) is 42.0 Å². The molecule has 0 aliphatic carbocycles. The zero-order valence-electron chi connectivity index (χ0n) is 16.3. The maximum Gasteiger partial charge on any atom is 0.236 e. The molecule has 28 heavy (non-hydrogen) atoms. The van der Waals surface area contributed by atoms with Gasteiger partial charge in [0.25, 0.3) is 0 Å². The number of hydrogen-bond acceptors (Lipinski definition) is 5. The number of carbonyl (C=O) groups excluding carboxylic acids is 1. The molecule has 7 heteroatoms. The van der Waals surface area contributed by atoms with Crippen LogP contribution in [0.2, 0.25) is 0 Å². The summed E-state index contributed by atoms with van der Waals surface area (Å²) in [5, 5.41) is 3.19. The van der Waals surface area contributed by atoms with Gasteiger partial charge in [0.05, 0.1) is 20.8 Å². The summed E-state index contributed by atoms with van der Waals surface area (Å²) in [6.45, 7) is 3.66. The van der Waals surface area contributed by atoms with Gasteiger partial charge >= 0.3 is 0 Å². The Balaban J connectivity index is 1.44. The number of nitrogens with zero attached hydrogens (tertiary/aromatic N) is 2. The molecule has 0 unspecified atom stereocenters. The van der Waals surface area contributed by atoms with E-state index in [9.17, 15) is 9.18 Å². The highest BCUT2D eigenvalue weighted by Gasteiger charge is 2.21. The minimum Gasteiger partial charge on any atom is -0.493 e. The molecule has 1 heterocycles. The van der Waals surface area contributed by atoms with E-state index >= 15 is 0 Å². The van der Waals surface area contributed by atoms with Crippen molar-refractivity contribution in [1.82, 2.24) is 10.2 Å². The molecule has 150 valence electrons. The number of nitrogens with one attached hydrogen (secondary N) is 1. The summed E-state index contributed by atoms with van der Waals surface area (Å²) in [7, 11) is 3.20. The Morgan fingerprint density at radius 3 is 2.32 bits per heavy atom. The van der Waals surface area contributed by atoms with Crippen LogP contribution in [0.4, 0.5) is 10.1 Å². The van der Waals surface area contributed by atoms with Crippen molar-refractivity contribution in [3.8, 4) is 11.5 Å². The third kappa shape index (κ3) is 4.92. The average molecular weight is 387 g/mol. The molecule has 2 aromatic carbocycles. The zero-order valence-corrected chi connectivity index (χ0v) is 16.3. The Hall–Kier alpha value is -2.80. The van der Waals surface area contributed by atoms with Crippen molar-refractivity contribution in [3.05, 3.63) is 53.8 Å².